The second-order valence-corrected chi connectivity index (χ2v) is 7.23. The molecule has 0 radical (unpaired) electrons. The van der Waals surface area contributed by atoms with Gasteiger partial charge in [-0.3, -0.25) is 4.79 Å². The van der Waals surface area contributed by atoms with Gasteiger partial charge in [-0.1, -0.05) is 0 Å². The van der Waals surface area contributed by atoms with E-state index in [1.165, 1.54) is 0 Å². The molecule has 1 aliphatic heterocycles. The topological polar surface area (TPSA) is 78.8 Å². The van der Waals surface area contributed by atoms with E-state index in [9.17, 15) is 4.79 Å². The number of nitrogens with one attached hydrogen (secondary N) is 2. The number of carbonyl (C=O) groups is 1. The van der Waals surface area contributed by atoms with Crippen LogP contribution in [-0.4, -0.2) is 50.0 Å². The van der Waals surface area contributed by atoms with Crippen molar-refractivity contribution < 1.29 is 4.79 Å². The van der Waals surface area contributed by atoms with Crippen molar-refractivity contribution in [2.24, 2.45) is 7.05 Å². The second-order valence-electron chi connectivity index (χ2n) is 6.17. The number of thiazole rings is 1. The molecule has 1 saturated heterocycles. The van der Waals surface area contributed by atoms with Gasteiger partial charge in [-0.05, 0) is 13.0 Å². The van der Waals surface area contributed by atoms with E-state index < -0.39 is 0 Å². The summed E-state index contributed by atoms with van der Waals surface area (Å²) in [4.78, 5) is 27.0. The van der Waals surface area contributed by atoms with Crippen LogP contribution in [0.2, 0.25) is 0 Å². The van der Waals surface area contributed by atoms with Gasteiger partial charge in [0.25, 0.3) is 5.91 Å². The summed E-state index contributed by atoms with van der Waals surface area (Å²) in [6, 6.07) is 1.81. The minimum atomic E-state index is -0.0745. The largest absolute Gasteiger partial charge is 0.357 e. The zero-order valence-corrected chi connectivity index (χ0v) is 17.5. The quantitative estimate of drug-likeness (QED) is 0.671. The standard InChI is InChI=1S/C17H20N6OS.2ClH/c1-11-21-14(10-25-11)12-7-13(20-8-12)17(24)23-6-3-18-9-15(23)16-19-4-5-22(16)2;;/h4-5,7-8,10,15,18,20H,3,6,9H2,1-2H3;2*1H. The number of nitrogens with zero attached hydrogens (tertiary/aromatic N) is 4. The van der Waals surface area contributed by atoms with E-state index >= 15 is 0 Å². The van der Waals surface area contributed by atoms with Crippen LogP contribution in [0.1, 0.15) is 27.4 Å². The molecule has 0 spiro atoms. The molecule has 27 heavy (non-hydrogen) atoms. The van der Waals surface area contributed by atoms with Crippen LogP contribution in [0.3, 0.4) is 0 Å². The number of aromatic nitrogens is 4. The molecule has 3 aromatic rings. The van der Waals surface area contributed by atoms with Crippen molar-refractivity contribution in [3.8, 4) is 11.3 Å². The number of piperazine rings is 1. The maximum atomic E-state index is 13.1. The number of aryl methyl sites for hydroxylation is 2. The smallest absolute Gasteiger partial charge is 0.270 e. The molecule has 1 unspecified atom stereocenters. The van der Waals surface area contributed by atoms with Gasteiger partial charge in [-0.2, -0.15) is 0 Å². The number of hydrogen-bond donors (Lipinski definition) is 2. The maximum Gasteiger partial charge on any atom is 0.270 e. The van der Waals surface area contributed by atoms with Crippen molar-refractivity contribution in [3.63, 3.8) is 0 Å². The lowest BCUT2D eigenvalue weighted by molar-refractivity contribution is 0.0615. The molecule has 0 aromatic carbocycles. The Morgan fingerprint density at radius 1 is 1.37 bits per heavy atom. The first-order valence-corrected chi connectivity index (χ1v) is 9.11. The molecule has 1 atom stereocenters. The van der Waals surface area contributed by atoms with Gasteiger partial charge in [-0.15, -0.1) is 36.2 Å². The predicted molar refractivity (Wildman–Crippen MR) is 111 cm³/mol. The molecule has 3 aromatic heterocycles. The molecule has 1 fully saturated rings. The van der Waals surface area contributed by atoms with Crippen molar-refractivity contribution >= 4 is 42.1 Å². The molecule has 0 aliphatic carbocycles. The molecular formula is C17H22Cl2N6OS. The fourth-order valence-corrected chi connectivity index (χ4v) is 3.81. The summed E-state index contributed by atoms with van der Waals surface area (Å²) in [7, 11) is 1.96. The summed E-state index contributed by atoms with van der Waals surface area (Å²) in [5.41, 5.74) is 2.43. The molecule has 2 N–H and O–H groups in total. The summed E-state index contributed by atoms with van der Waals surface area (Å²) in [6.45, 7) is 4.12. The molecule has 1 amide bonds. The Labute approximate surface area is 174 Å². The Bertz CT molecular complexity index is 905. The monoisotopic (exact) mass is 428 g/mol. The third-order valence-electron chi connectivity index (χ3n) is 4.49. The van der Waals surface area contributed by atoms with E-state index in [-0.39, 0.29) is 36.8 Å². The summed E-state index contributed by atoms with van der Waals surface area (Å²) >= 11 is 1.61. The van der Waals surface area contributed by atoms with E-state index in [2.05, 4.69) is 20.3 Å². The van der Waals surface area contributed by atoms with Gasteiger partial charge in [0, 0.05) is 56.2 Å². The normalized spacial score (nSPS) is 16.5. The highest BCUT2D eigenvalue weighted by atomic mass is 35.5. The zero-order chi connectivity index (χ0) is 17.4. The average molecular weight is 429 g/mol. The molecular weight excluding hydrogens is 407 g/mol. The number of halogens is 2. The highest BCUT2D eigenvalue weighted by molar-refractivity contribution is 7.09. The van der Waals surface area contributed by atoms with Crippen LogP contribution in [0.4, 0.5) is 0 Å². The molecule has 10 heteroatoms. The molecule has 0 bridgehead atoms. The van der Waals surface area contributed by atoms with Gasteiger partial charge < -0.3 is 19.8 Å². The van der Waals surface area contributed by atoms with E-state index in [1.54, 1.807) is 17.5 Å². The molecule has 0 saturated carbocycles. The fourth-order valence-electron chi connectivity index (χ4n) is 3.19. The zero-order valence-electron chi connectivity index (χ0n) is 15.0. The second kappa shape index (κ2) is 8.88. The molecule has 4 rings (SSSR count). The first-order chi connectivity index (χ1) is 12.1. The molecule has 4 heterocycles. The summed E-state index contributed by atoms with van der Waals surface area (Å²) in [6.07, 6.45) is 5.52. The Hall–Kier alpha value is -1.87. The summed E-state index contributed by atoms with van der Waals surface area (Å²) in [5, 5.41) is 6.38. The maximum absolute atomic E-state index is 13.1. The third-order valence-corrected chi connectivity index (χ3v) is 5.26. The lowest BCUT2D eigenvalue weighted by atomic mass is 10.1. The Kier molecular flexibility index (Phi) is 7.05. The Morgan fingerprint density at radius 3 is 2.85 bits per heavy atom. The van der Waals surface area contributed by atoms with Gasteiger partial charge in [0.15, 0.2) is 0 Å². The minimum Gasteiger partial charge on any atom is -0.357 e. The van der Waals surface area contributed by atoms with Crippen LogP contribution >= 0.6 is 36.2 Å². The number of hydrogen-bond acceptors (Lipinski definition) is 5. The third kappa shape index (κ3) is 4.19. The van der Waals surface area contributed by atoms with E-state index in [1.807, 2.05) is 47.3 Å². The van der Waals surface area contributed by atoms with Crippen molar-refractivity contribution in [3.05, 3.63) is 46.6 Å². The highest BCUT2D eigenvalue weighted by Crippen LogP contribution is 2.26. The number of H-pyrrole nitrogens is 1. The minimum absolute atomic E-state index is 0. The Morgan fingerprint density at radius 2 is 2.19 bits per heavy atom. The predicted octanol–water partition coefficient (Wildman–Crippen LogP) is 2.81. The van der Waals surface area contributed by atoms with Crippen LogP contribution in [0.5, 0.6) is 0 Å². The fraction of sp³-hybridized carbons (Fsp3) is 0.353. The van der Waals surface area contributed by atoms with Gasteiger partial charge in [0.05, 0.1) is 10.7 Å². The van der Waals surface area contributed by atoms with Crippen LogP contribution in [0.25, 0.3) is 11.3 Å². The number of imidazole rings is 1. The lowest BCUT2D eigenvalue weighted by Crippen LogP contribution is -2.49. The van der Waals surface area contributed by atoms with Crippen LogP contribution in [-0.2, 0) is 7.05 Å². The van der Waals surface area contributed by atoms with E-state index in [4.69, 9.17) is 0 Å². The number of amides is 1. The summed E-state index contributed by atoms with van der Waals surface area (Å²) in [5.74, 6) is 0.884. The first kappa shape index (κ1) is 21.4. The molecule has 1 aliphatic rings. The Balaban J connectivity index is 0.00000131. The SMILES string of the molecule is Cc1nc(-c2c[nH]c(C(=O)N3CCNCC3c3nccn3C)c2)cs1.Cl.Cl. The van der Waals surface area contributed by atoms with Crippen LogP contribution < -0.4 is 5.32 Å². The van der Waals surface area contributed by atoms with Crippen LogP contribution in [0.15, 0.2) is 30.0 Å². The lowest BCUT2D eigenvalue weighted by Gasteiger charge is -2.35. The van der Waals surface area contributed by atoms with Crippen molar-refractivity contribution in [2.75, 3.05) is 19.6 Å². The molecule has 146 valence electrons. The molecule has 7 nitrogen and oxygen atoms in total. The van der Waals surface area contributed by atoms with E-state index in [0.717, 1.165) is 28.6 Å². The van der Waals surface area contributed by atoms with Gasteiger partial charge in [0.2, 0.25) is 0 Å². The highest BCUT2D eigenvalue weighted by Gasteiger charge is 2.31. The van der Waals surface area contributed by atoms with Crippen molar-refractivity contribution in [2.45, 2.75) is 13.0 Å². The number of carbonyl (C=O) groups excluding carboxylic acids is 1. The van der Waals surface area contributed by atoms with Crippen molar-refractivity contribution in [1.29, 1.82) is 0 Å². The van der Waals surface area contributed by atoms with Gasteiger partial charge in [-0.25, -0.2) is 9.97 Å². The van der Waals surface area contributed by atoms with Gasteiger partial charge >= 0.3 is 0 Å². The van der Waals surface area contributed by atoms with E-state index in [0.29, 0.717) is 18.8 Å². The number of rotatable bonds is 3. The average Bonchev–Trinajstić information content (AvgIpc) is 3.34. The number of aromatic amines is 1. The summed E-state index contributed by atoms with van der Waals surface area (Å²) < 4.78 is 1.97. The van der Waals surface area contributed by atoms with Crippen molar-refractivity contribution in [1.82, 2.24) is 29.7 Å². The first-order valence-electron chi connectivity index (χ1n) is 8.23. The van der Waals surface area contributed by atoms with Gasteiger partial charge in [0.1, 0.15) is 17.6 Å². The van der Waals surface area contributed by atoms with Crippen LogP contribution in [0, 0.1) is 6.92 Å².